The molecule has 0 spiro atoms. The van der Waals surface area contributed by atoms with Crippen molar-refractivity contribution in [2.24, 2.45) is 0 Å². The van der Waals surface area contributed by atoms with Gasteiger partial charge in [-0.1, -0.05) is 18.2 Å². The summed E-state index contributed by atoms with van der Waals surface area (Å²) in [6.45, 7) is 1.59. The molecule has 3 heteroatoms. The van der Waals surface area contributed by atoms with Crippen LogP contribution in [0.25, 0.3) is 0 Å². The molecule has 1 aromatic carbocycles. The maximum atomic E-state index is 13.2. The first-order chi connectivity index (χ1) is 6.38. The quantitative estimate of drug-likeness (QED) is 0.660. The summed E-state index contributed by atoms with van der Waals surface area (Å²) in [4.78, 5) is 0. The number of halogens is 1. The molecule has 0 bridgehead atoms. The van der Waals surface area contributed by atoms with Crippen molar-refractivity contribution in [2.45, 2.75) is 6.10 Å². The third kappa shape index (κ3) is 1.87. The van der Waals surface area contributed by atoms with E-state index in [4.69, 9.17) is 9.47 Å². The van der Waals surface area contributed by atoms with Crippen LogP contribution in [0.2, 0.25) is 0 Å². The van der Waals surface area contributed by atoms with Crippen LogP contribution in [0, 0.1) is 5.82 Å². The fraction of sp³-hybridized carbons (Fsp3) is 0.400. The van der Waals surface area contributed by atoms with Crippen LogP contribution in [0.15, 0.2) is 24.3 Å². The molecule has 1 aromatic rings. The van der Waals surface area contributed by atoms with Crippen LogP contribution in [0.4, 0.5) is 4.39 Å². The Balaban J connectivity index is 2.18. The van der Waals surface area contributed by atoms with Gasteiger partial charge in [0, 0.05) is 5.56 Å². The van der Waals surface area contributed by atoms with Gasteiger partial charge in [-0.2, -0.15) is 0 Å². The molecule has 1 aliphatic heterocycles. The van der Waals surface area contributed by atoms with Gasteiger partial charge in [0.1, 0.15) is 11.9 Å². The molecule has 2 rings (SSSR count). The number of benzene rings is 1. The Labute approximate surface area is 76.3 Å². The Morgan fingerprint density at radius 2 is 2.08 bits per heavy atom. The van der Waals surface area contributed by atoms with Crippen LogP contribution in [-0.2, 0) is 9.47 Å². The summed E-state index contributed by atoms with van der Waals surface area (Å²) in [7, 11) is 0. The summed E-state index contributed by atoms with van der Waals surface area (Å²) in [5.41, 5.74) is 0.585. The minimum Gasteiger partial charge on any atom is -0.376 e. The van der Waals surface area contributed by atoms with Gasteiger partial charge >= 0.3 is 0 Å². The molecule has 0 amide bonds. The number of hydrogen-bond acceptors (Lipinski definition) is 2. The van der Waals surface area contributed by atoms with Crippen molar-refractivity contribution >= 4 is 0 Å². The van der Waals surface area contributed by atoms with Gasteiger partial charge in [-0.05, 0) is 6.07 Å². The summed E-state index contributed by atoms with van der Waals surface area (Å²) in [5.74, 6) is -0.224. The van der Waals surface area contributed by atoms with E-state index in [1.54, 1.807) is 18.2 Å². The van der Waals surface area contributed by atoms with Crippen molar-refractivity contribution < 1.29 is 13.9 Å². The highest BCUT2D eigenvalue weighted by Gasteiger charge is 2.19. The molecular weight excluding hydrogens is 171 g/mol. The van der Waals surface area contributed by atoms with E-state index in [0.29, 0.717) is 25.4 Å². The van der Waals surface area contributed by atoms with E-state index in [-0.39, 0.29) is 11.9 Å². The van der Waals surface area contributed by atoms with E-state index < -0.39 is 0 Å². The van der Waals surface area contributed by atoms with Gasteiger partial charge in [-0.3, -0.25) is 0 Å². The Morgan fingerprint density at radius 3 is 2.77 bits per heavy atom. The monoisotopic (exact) mass is 182 g/mol. The van der Waals surface area contributed by atoms with Gasteiger partial charge in [0.2, 0.25) is 0 Å². The molecule has 0 radical (unpaired) electrons. The average Bonchev–Trinajstić information content (AvgIpc) is 2.20. The van der Waals surface area contributed by atoms with Gasteiger partial charge in [-0.15, -0.1) is 0 Å². The first-order valence-corrected chi connectivity index (χ1v) is 4.31. The molecule has 1 saturated heterocycles. The zero-order valence-corrected chi connectivity index (χ0v) is 7.20. The normalized spacial score (nSPS) is 23.0. The van der Waals surface area contributed by atoms with Crippen molar-refractivity contribution in [2.75, 3.05) is 19.8 Å². The van der Waals surface area contributed by atoms with Crippen LogP contribution in [0.3, 0.4) is 0 Å². The average molecular weight is 182 g/mol. The topological polar surface area (TPSA) is 18.5 Å². The fourth-order valence-electron chi connectivity index (χ4n) is 1.40. The van der Waals surface area contributed by atoms with E-state index in [1.165, 1.54) is 6.07 Å². The Morgan fingerprint density at radius 1 is 1.23 bits per heavy atom. The highest BCUT2D eigenvalue weighted by molar-refractivity contribution is 5.20. The molecule has 2 nitrogen and oxygen atoms in total. The van der Waals surface area contributed by atoms with Crippen LogP contribution < -0.4 is 0 Å². The largest absolute Gasteiger partial charge is 0.376 e. The number of hydrogen-bond donors (Lipinski definition) is 0. The maximum absolute atomic E-state index is 13.2. The Bertz CT molecular complexity index is 282. The van der Waals surface area contributed by atoms with Crippen LogP contribution >= 0.6 is 0 Å². The number of ether oxygens (including phenoxy) is 2. The van der Waals surface area contributed by atoms with E-state index in [9.17, 15) is 4.39 Å². The maximum Gasteiger partial charge on any atom is 0.129 e. The molecule has 1 aliphatic rings. The zero-order chi connectivity index (χ0) is 9.10. The predicted octanol–water partition coefficient (Wildman–Crippen LogP) is 1.91. The summed E-state index contributed by atoms with van der Waals surface area (Å²) in [6.07, 6.45) is -0.241. The summed E-state index contributed by atoms with van der Waals surface area (Å²) in [6, 6.07) is 6.64. The molecule has 70 valence electrons. The highest BCUT2D eigenvalue weighted by atomic mass is 19.1. The third-order valence-electron chi connectivity index (χ3n) is 2.07. The minimum atomic E-state index is -0.241. The summed E-state index contributed by atoms with van der Waals surface area (Å²) in [5, 5.41) is 0. The third-order valence-corrected chi connectivity index (χ3v) is 2.07. The van der Waals surface area contributed by atoms with Gasteiger partial charge in [0.05, 0.1) is 19.8 Å². The van der Waals surface area contributed by atoms with E-state index in [0.717, 1.165) is 0 Å². The van der Waals surface area contributed by atoms with Crippen molar-refractivity contribution in [1.82, 2.24) is 0 Å². The summed E-state index contributed by atoms with van der Waals surface area (Å²) >= 11 is 0. The van der Waals surface area contributed by atoms with Gasteiger partial charge in [0.25, 0.3) is 0 Å². The van der Waals surface area contributed by atoms with E-state index >= 15 is 0 Å². The summed E-state index contributed by atoms with van der Waals surface area (Å²) < 4.78 is 23.8. The first kappa shape index (κ1) is 8.66. The van der Waals surface area contributed by atoms with Crippen molar-refractivity contribution in [3.05, 3.63) is 35.6 Å². The second-order valence-corrected chi connectivity index (χ2v) is 2.96. The van der Waals surface area contributed by atoms with Gasteiger partial charge in [-0.25, -0.2) is 4.39 Å². The standard InChI is InChI=1S/C10H11FO2/c11-9-4-2-1-3-8(9)10-7-12-5-6-13-10/h1-4,10H,5-7H2. The van der Waals surface area contributed by atoms with E-state index in [1.807, 2.05) is 0 Å². The lowest BCUT2D eigenvalue weighted by atomic mass is 10.1. The van der Waals surface area contributed by atoms with Gasteiger partial charge < -0.3 is 9.47 Å². The van der Waals surface area contributed by atoms with Gasteiger partial charge in [0.15, 0.2) is 0 Å². The lowest BCUT2D eigenvalue weighted by Gasteiger charge is -2.23. The second-order valence-electron chi connectivity index (χ2n) is 2.96. The van der Waals surface area contributed by atoms with E-state index in [2.05, 4.69) is 0 Å². The predicted molar refractivity (Wildman–Crippen MR) is 45.9 cm³/mol. The lowest BCUT2D eigenvalue weighted by molar-refractivity contribution is -0.0913. The molecule has 0 N–H and O–H groups in total. The smallest absolute Gasteiger partial charge is 0.129 e. The molecule has 0 saturated carbocycles. The highest BCUT2D eigenvalue weighted by Crippen LogP contribution is 2.22. The van der Waals surface area contributed by atoms with Crippen molar-refractivity contribution in [3.63, 3.8) is 0 Å². The Kier molecular flexibility index (Phi) is 2.57. The molecule has 1 fully saturated rings. The minimum absolute atomic E-state index is 0.224. The first-order valence-electron chi connectivity index (χ1n) is 4.31. The fourth-order valence-corrected chi connectivity index (χ4v) is 1.40. The Hall–Kier alpha value is -0.930. The van der Waals surface area contributed by atoms with Crippen LogP contribution in [0.5, 0.6) is 0 Å². The van der Waals surface area contributed by atoms with Crippen LogP contribution in [0.1, 0.15) is 11.7 Å². The van der Waals surface area contributed by atoms with Crippen molar-refractivity contribution in [3.8, 4) is 0 Å². The zero-order valence-electron chi connectivity index (χ0n) is 7.20. The lowest BCUT2D eigenvalue weighted by Crippen LogP contribution is -2.22. The van der Waals surface area contributed by atoms with Crippen molar-refractivity contribution in [1.29, 1.82) is 0 Å². The molecule has 13 heavy (non-hydrogen) atoms. The second kappa shape index (κ2) is 3.85. The van der Waals surface area contributed by atoms with Crippen LogP contribution in [-0.4, -0.2) is 19.8 Å². The molecule has 1 unspecified atom stereocenters. The molecule has 1 atom stereocenters. The molecule has 1 heterocycles. The molecular formula is C10H11FO2. The molecule has 0 aromatic heterocycles. The SMILES string of the molecule is Fc1ccccc1C1COCCO1. The number of rotatable bonds is 1. The molecule has 0 aliphatic carbocycles.